The minimum Gasteiger partial charge on any atom is -0.478 e. The Hall–Kier alpha value is -1.45. The lowest BCUT2D eigenvalue weighted by molar-refractivity contribution is -0.145. The molecule has 1 aromatic carbocycles. The largest absolute Gasteiger partial charge is 0.478 e. The highest BCUT2D eigenvalue weighted by Gasteiger charge is 2.16. The van der Waals surface area contributed by atoms with Crippen LogP contribution in [0.2, 0.25) is 0 Å². The molecule has 1 rings (SSSR count). The second-order valence-corrected chi connectivity index (χ2v) is 3.47. The van der Waals surface area contributed by atoms with Gasteiger partial charge >= 0.3 is 5.97 Å². The van der Waals surface area contributed by atoms with E-state index in [9.17, 15) is 9.36 Å². The molecule has 80 valence electrons. The van der Waals surface area contributed by atoms with Crippen LogP contribution in [0.1, 0.15) is 6.42 Å². The van der Waals surface area contributed by atoms with E-state index in [1.807, 2.05) is 6.07 Å². The fourth-order valence-corrected chi connectivity index (χ4v) is 1.34. The van der Waals surface area contributed by atoms with Crippen LogP contribution in [0.4, 0.5) is 0 Å². The van der Waals surface area contributed by atoms with E-state index in [2.05, 4.69) is 10.7 Å². The van der Waals surface area contributed by atoms with E-state index in [4.69, 9.17) is 4.74 Å². The Morgan fingerprint density at radius 3 is 2.60 bits per heavy atom. The van der Waals surface area contributed by atoms with Crippen LogP contribution in [0.5, 0.6) is 5.75 Å². The molecule has 5 nitrogen and oxygen atoms in total. The van der Waals surface area contributed by atoms with Crippen molar-refractivity contribution in [2.75, 3.05) is 0 Å². The second kappa shape index (κ2) is 6.11. The SMILES string of the molecule is NOC(=O)CC(Oc1ccccc1)P=O. The third kappa shape index (κ3) is 4.06. The van der Waals surface area contributed by atoms with Gasteiger partial charge in [-0.15, -0.1) is 0 Å². The molecule has 0 bridgehead atoms. The molecule has 0 radical (unpaired) electrons. The van der Waals surface area contributed by atoms with Gasteiger partial charge in [0.25, 0.3) is 0 Å². The first-order valence-corrected chi connectivity index (χ1v) is 5.08. The van der Waals surface area contributed by atoms with Gasteiger partial charge in [0.15, 0.2) is 5.85 Å². The molecule has 2 N–H and O–H groups in total. The van der Waals surface area contributed by atoms with Gasteiger partial charge in [0.2, 0.25) is 8.46 Å². The van der Waals surface area contributed by atoms with Crippen molar-refractivity contribution >= 4 is 14.4 Å². The minimum absolute atomic E-state index is 0.156. The summed E-state index contributed by atoms with van der Waals surface area (Å²) in [6.07, 6.45) is -0.156. The van der Waals surface area contributed by atoms with Crippen LogP contribution < -0.4 is 10.6 Å². The zero-order valence-corrected chi connectivity index (χ0v) is 8.72. The van der Waals surface area contributed by atoms with Crippen molar-refractivity contribution < 1.29 is 18.9 Å². The number of hydrogen-bond donors (Lipinski definition) is 1. The number of rotatable bonds is 5. The van der Waals surface area contributed by atoms with Gasteiger partial charge in [-0.05, 0) is 12.1 Å². The van der Waals surface area contributed by atoms with E-state index < -0.39 is 11.8 Å². The summed E-state index contributed by atoms with van der Waals surface area (Å²) in [7, 11) is -0.289. The summed E-state index contributed by atoms with van der Waals surface area (Å²) in [6.45, 7) is 0. The number of benzene rings is 1. The van der Waals surface area contributed by atoms with Crippen molar-refractivity contribution in [3.05, 3.63) is 30.3 Å². The molecule has 0 saturated heterocycles. The highest BCUT2D eigenvalue weighted by molar-refractivity contribution is 7.24. The smallest absolute Gasteiger partial charge is 0.328 e. The van der Waals surface area contributed by atoms with E-state index in [0.29, 0.717) is 5.75 Å². The second-order valence-electron chi connectivity index (χ2n) is 2.68. The van der Waals surface area contributed by atoms with Crippen molar-refractivity contribution in [1.82, 2.24) is 0 Å². The summed E-state index contributed by atoms with van der Waals surface area (Å²) >= 11 is 0. The molecule has 0 aliphatic heterocycles. The van der Waals surface area contributed by atoms with Crippen LogP contribution in [0.15, 0.2) is 30.3 Å². The number of carbonyl (C=O) groups is 1. The summed E-state index contributed by atoms with van der Waals surface area (Å²) in [5, 5.41) is 0. The number of hydrogen-bond acceptors (Lipinski definition) is 5. The maximum atomic E-state index is 10.8. The first-order valence-electron chi connectivity index (χ1n) is 4.20. The molecule has 0 fully saturated rings. The molecule has 0 heterocycles. The maximum Gasteiger partial charge on any atom is 0.328 e. The molecule has 1 atom stereocenters. The zero-order chi connectivity index (χ0) is 11.1. The van der Waals surface area contributed by atoms with Gasteiger partial charge in [0.05, 0.1) is 6.42 Å². The van der Waals surface area contributed by atoms with E-state index in [1.54, 1.807) is 24.3 Å². The highest BCUT2D eigenvalue weighted by atomic mass is 31.1. The van der Waals surface area contributed by atoms with Crippen LogP contribution in [0, 0.1) is 0 Å². The number of para-hydroxylation sites is 1. The van der Waals surface area contributed by atoms with Crippen molar-refractivity contribution in [2.24, 2.45) is 5.90 Å². The number of nitrogens with two attached hydrogens (primary N) is 1. The lowest BCUT2D eigenvalue weighted by Gasteiger charge is -2.10. The van der Waals surface area contributed by atoms with Crippen LogP contribution in [0.25, 0.3) is 0 Å². The average molecular weight is 227 g/mol. The minimum atomic E-state index is -0.775. The van der Waals surface area contributed by atoms with Gasteiger partial charge in [0, 0.05) is 0 Å². The quantitative estimate of drug-likeness (QED) is 0.609. The molecule has 15 heavy (non-hydrogen) atoms. The van der Waals surface area contributed by atoms with E-state index in [1.165, 1.54) is 0 Å². The summed E-state index contributed by atoms with van der Waals surface area (Å²) in [4.78, 5) is 14.8. The molecule has 0 aromatic heterocycles. The molecule has 0 aliphatic carbocycles. The van der Waals surface area contributed by atoms with Crippen molar-refractivity contribution in [1.29, 1.82) is 0 Å². The standard InChI is InChI=1S/C9H10NO4P/c10-14-8(11)6-9(15-12)13-7-4-2-1-3-5-7/h1-5,9H,6,10H2. The lowest BCUT2D eigenvalue weighted by atomic mass is 10.3. The maximum absolute atomic E-state index is 10.8. The zero-order valence-electron chi connectivity index (χ0n) is 7.83. The van der Waals surface area contributed by atoms with Gasteiger partial charge in [-0.2, -0.15) is 5.90 Å². The molecule has 0 saturated carbocycles. The third-order valence-corrected chi connectivity index (χ3v) is 2.13. The summed E-state index contributed by atoms with van der Waals surface area (Å²) in [6, 6.07) is 8.77. The van der Waals surface area contributed by atoms with E-state index >= 15 is 0 Å². The van der Waals surface area contributed by atoms with Crippen LogP contribution in [0.3, 0.4) is 0 Å². The molecule has 1 unspecified atom stereocenters. The fraction of sp³-hybridized carbons (Fsp3) is 0.222. The van der Waals surface area contributed by atoms with E-state index in [0.717, 1.165) is 0 Å². The first-order chi connectivity index (χ1) is 7.26. The highest BCUT2D eigenvalue weighted by Crippen LogP contribution is 2.18. The summed E-state index contributed by atoms with van der Waals surface area (Å²) < 4.78 is 15.9. The monoisotopic (exact) mass is 227 g/mol. The normalized spacial score (nSPS) is 12.1. The molecule has 0 aliphatic rings. The predicted octanol–water partition coefficient (Wildman–Crippen LogP) is 1.49. The van der Waals surface area contributed by atoms with Gasteiger partial charge in [-0.3, -0.25) is 9.36 Å². The Labute approximate surface area is 88.3 Å². The third-order valence-electron chi connectivity index (χ3n) is 1.61. The molecule has 1 aromatic rings. The number of ether oxygens (including phenoxy) is 1. The summed E-state index contributed by atoms with van der Waals surface area (Å²) in [5.74, 6) is 3.75. The van der Waals surface area contributed by atoms with Crippen LogP contribution in [-0.4, -0.2) is 11.8 Å². The summed E-state index contributed by atoms with van der Waals surface area (Å²) in [5.41, 5.74) is 0. The Balaban J connectivity index is 2.54. The molecular formula is C9H10NO4P. The van der Waals surface area contributed by atoms with Gasteiger partial charge in [-0.25, -0.2) is 0 Å². The fourth-order valence-electron chi connectivity index (χ4n) is 0.947. The van der Waals surface area contributed by atoms with Crippen LogP contribution >= 0.6 is 8.46 Å². The van der Waals surface area contributed by atoms with Crippen molar-refractivity contribution in [3.8, 4) is 5.75 Å². The van der Waals surface area contributed by atoms with E-state index in [-0.39, 0.29) is 14.9 Å². The molecular weight excluding hydrogens is 217 g/mol. The first kappa shape index (κ1) is 11.6. The Morgan fingerprint density at radius 1 is 1.40 bits per heavy atom. The molecule has 6 heteroatoms. The Kier molecular flexibility index (Phi) is 4.74. The van der Waals surface area contributed by atoms with Crippen molar-refractivity contribution in [3.63, 3.8) is 0 Å². The van der Waals surface area contributed by atoms with Crippen LogP contribution in [-0.2, 0) is 14.2 Å². The Morgan fingerprint density at radius 2 is 2.07 bits per heavy atom. The topological polar surface area (TPSA) is 78.6 Å². The van der Waals surface area contributed by atoms with Gasteiger partial charge < -0.3 is 9.57 Å². The Bertz CT molecular complexity index is 330. The average Bonchev–Trinajstić information content (AvgIpc) is 2.29. The van der Waals surface area contributed by atoms with Gasteiger partial charge in [-0.1, -0.05) is 18.2 Å². The lowest BCUT2D eigenvalue weighted by Crippen LogP contribution is -2.19. The predicted molar refractivity (Wildman–Crippen MR) is 53.4 cm³/mol. The van der Waals surface area contributed by atoms with Crippen molar-refractivity contribution in [2.45, 2.75) is 12.3 Å². The van der Waals surface area contributed by atoms with Gasteiger partial charge in [0.1, 0.15) is 5.75 Å². The molecule has 0 amide bonds. The molecule has 0 spiro atoms. The number of carbonyl (C=O) groups excluding carboxylic acids is 1.